The van der Waals surface area contributed by atoms with Gasteiger partial charge < -0.3 is 21.3 Å². The zero-order chi connectivity index (χ0) is 34.5. The number of carbonyl (C=O) groups excluding carboxylic acids is 4. The third kappa shape index (κ3) is 14.7. The number of rotatable bonds is 16. The van der Waals surface area contributed by atoms with E-state index in [0.717, 1.165) is 32.6 Å². The molecule has 0 heterocycles. The van der Waals surface area contributed by atoms with Gasteiger partial charge >= 0.3 is 24.1 Å². The average molecular weight is 738 g/mol. The fourth-order valence-electron chi connectivity index (χ4n) is 4.89. The van der Waals surface area contributed by atoms with Crippen LogP contribution in [0.3, 0.4) is 0 Å². The lowest BCUT2D eigenvalue weighted by molar-refractivity contribution is 0.229. The number of nitrogens with one attached hydrogen (secondary N) is 6. The predicted octanol–water partition coefficient (Wildman–Crippen LogP) is 6.69. The summed E-state index contributed by atoms with van der Waals surface area (Å²) in [4.78, 5) is 53.6. The van der Waals surface area contributed by atoms with E-state index in [1.807, 2.05) is 121 Å². The SMILES string of the molecule is Cl.Cl.O=C(NCCCNCCCNCCCNC(=O)NC(=O)N(c1ccccc1)c1ccccc1)NC(=O)N(c1ccccc1)c1ccccc1. The van der Waals surface area contributed by atoms with Gasteiger partial charge in [-0.05, 0) is 94.0 Å². The smallest absolute Gasteiger partial charge is 0.334 e. The number of halogens is 2. The van der Waals surface area contributed by atoms with Crippen molar-refractivity contribution in [1.29, 1.82) is 0 Å². The predicted molar refractivity (Wildman–Crippen MR) is 208 cm³/mol. The molecular formula is C37H46Cl2N8O4. The summed E-state index contributed by atoms with van der Waals surface area (Å²) in [7, 11) is 0. The first-order valence-corrected chi connectivity index (χ1v) is 16.4. The maximum absolute atomic E-state index is 13.0. The Hall–Kier alpha value is -5.14. The van der Waals surface area contributed by atoms with Crippen molar-refractivity contribution >= 4 is 71.7 Å². The first-order chi connectivity index (χ1) is 24.0. The number of carbonyl (C=O) groups is 4. The van der Waals surface area contributed by atoms with Gasteiger partial charge in [0.1, 0.15) is 0 Å². The number of para-hydroxylation sites is 4. The molecule has 0 aliphatic heterocycles. The molecule has 8 amide bonds. The molecule has 0 aliphatic rings. The number of anilines is 4. The van der Waals surface area contributed by atoms with E-state index in [1.165, 1.54) is 9.80 Å². The number of hydrogen-bond acceptors (Lipinski definition) is 6. The van der Waals surface area contributed by atoms with E-state index in [9.17, 15) is 19.2 Å². The summed E-state index contributed by atoms with van der Waals surface area (Å²) in [6.45, 7) is 3.90. The van der Waals surface area contributed by atoms with E-state index in [-0.39, 0.29) is 24.8 Å². The van der Waals surface area contributed by atoms with Crippen molar-refractivity contribution < 1.29 is 19.2 Å². The average Bonchev–Trinajstić information content (AvgIpc) is 3.12. The number of benzene rings is 4. The Bertz CT molecular complexity index is 1390. The van der Waals surface area contributed by atoms with E-state index in [1.54, 1.807) is 0 Å². The van der Waals surface area contributed by atoms with Gasteiger partial charge in [0.25, 0.3) is 0 Å². The molecule has 0 spiro atoms. The van der Waals surface area contributed by atoms with Crippen LogP contribution in [0.25, 0.3) is 0 Å². The van der Waals surface area contributed by atoms with Crippen LogP contribution < -0.4 is 41.7 Å². The highest BCUT2D eigenvalue weighted by atomic mass is 35.5. The summed E-state index contributed by atoms with van der Waals surface area (Å²) >= 11 is 0. The highest BCUT2D eigenvalue weighted by Gasteiger charge is 2.21. The molecule has 0 unspecified atom stereocenters. The minimum atomic E-state index is -0.550. The minimum absolute atomic E-state index is 0. The normalized spacial score (nSPS) is 10.0. The van der Waals surface area contributed by atoms with Crippen LogP contribution in [0.15, 0.2) is 121 Å². The van der Waals surface area contributed by atoms with Crippen LogP contribution in [-0.4, -0.2) is 63.4 Å². The Kier molecular flexibility index (Phi) is 19.8. The summed E-state index contributed by atoms with van der Waals surface area (Å²) in [5.41, 5.74) is 2.61. The van der Waals surface area contributed by atoms with Crippen molar-refractivity contribution in [2.75, 3.05) is 49.1 Å². The van der Waals surface area contributed by atoms with Crippen molar-refractivity contribution in [2.24, 2.45) is 0 Å². The maximum atomic E-state index is 13.0. The topological polar surface area (TPSA) is 147 Å². The molecule has 272 valence electrons. The lowest BCUT2D eigenvalue weighted by Crippen LogP contribution is -2.46. The fourth-order valence-corrected chi connectivity index (χ4v) is 4.89. The maximum Gasteiger partial charge on any atom is 0.334 e. The molecule has 51 heavy (non-hydrogen) atoms. The second-order valence-corrected chi connectivity index (χ2v) is 10.9. The zero-order valence-electron chi connectivity index (χ0n) is 28.3. The van der Waals surface area contributed by atoms with E-state index in [4.69, 9.17) is 0 Å². The highest BCUT2D eigenvalue weighted by molar-refractivity contribution is 6.07. The molecule has 12 nitrogen and oxygen atoms in total. The Balaban J connectivity index is 0.00000451. The van der Waals surface area contributed by atoms with Crippen LogP contribution in [0.4, 0.5) is 41.9 Å². The second kappa shape index (κ2) is 24.1. The largest absolute Gasteiger partial charge is 0.338 e. The number of urea groups is 4. The molecule has 0 bridgehead atoms. The van der Waals surface area contributed by atoms with Crippen molar-refractivity contribution in [2.45, 2.75) is 19.3 Å². The monoisotopic (exact) mass is 736 g/mol. The lowest BCUT2D eigenvalue weighted by atomic mass is 10.2. The quantitative estimate of drug-likeness (QED) is 0.0707. The molecule has 14 heteroatoms. The van der Waals surface area contributed by atoms with Crippen LogP contribution in [0.1, 0.15) is 19.3 Å². The van der Waals surface area contributed by atoms with Gasteiger partial charge in [0, 0.05) is 13.1 Å². The molecule has 0 atom stereocenters. The standard InChI is InChI=1S/C37H44N8O4.2ClH/c46-34(42-36(48)44(30-16-5-1-6-17-30)31-18-7-2-8-19-31)40-28-14-26-38-24-13-25-39-27-15-29-41-35(47)43-37(49)45(32-20-9-3-10-21-32)33-22-11-4-12-23-33;;/h1-12,16-23,38-39H,13-15,24-29H2,(H2,40,42,46,48)(H2,41,43,47,49);2*1H. The number of amides is 8. The van der Waals surface area contributed by atoms with Gasteiger partial charge in [-0.1, -0.05) is 72.8 Å². The minimum Gasteiger partial charge on any atom is -0.338 e. The van der Waals surface area contributed by atoms with Crippen molar-refractivity contribution in [3.05, 3.63) is 121 Å². The Morgan fingerprint density at radius 1 is 0.392 bits per heavy atom. The van der Waals surface area contributed by atoms with E-state index < -0.39 is 24.1 Å². The van der Waals surface area contributed by atoms with Crippen molar-refractivity contribution in [3.8, 4) is 0 Å². The number of hydrogen-bond donors (Lipinski definition) is 6. The number of imide groups is 2. The number of nitrogens with zero attached hydrogens (tertiary/aromatic N) is 2. The molecule has 4 rings (SSSR count). The molecule has 0 aliphatic carbocycles. The molecule has 0 saturated carbocycles. The molecule has 4 aromatic carbocycles. The van der Waals surface area contributed by atoms with Gasteiger partial charge in [-0.3, -0.25) is 20.4 Å². The van der Waals surface area contributed by atoms with Crippen LogP contribution in [0.5, 0.6) is 0 Å². The summed E-state index contributed by atoms with van der Waals surface area (Å²) in [6.07, 6.45) is 2.33. The van der Waals surface area contributed by atoms with Gasteiger partial charge in [0.2, 0.25) is 0 Å². The van der Waals surface area contributed by atoms with Crippen LogP contribution >= 0.6 is 24.8 Å². The van der Waals surface area contributed by atoms with E-state index in [0.29, 0.717) is 48.7 Å². The summed E-state index contributed by atoms with van der Waals surface area (Å²) in [5, 5.41) is 17.0. The molecule has 0 saturated heterocycles. The van der Waals surface area contributed by atoms with Crippen LogP contribution in [0, 0.1) is 0 Å². The van der Waals surface area contributed by atoms with Gasteiger partial charge in [-0.2, -0.15) is 0 Å². The summed E-state index contributed by atoms with van der Waals surface area (Å²) < 4.78 is 0. The lowest BCUT2D eigenvalue weighted by Gasteiger charge is -2.23. The first kappa shape index (κ1) is 42.0. The molecular weight excluding hydrogens is 691 g/mol. The van der Waals surface area contributed by atoms with Crippen molar-refractivity contribution in [3.63, 3.8) is 0 Å². The molecule has 0 aromatic heterocycles. The second-order valence-electron chi connectivity index (χ2n) is 10.9. The first-order valence-electron chi connectivity index (χ1n) is 16.4. The van der Waals surface area contributed by atoms with Gasteiger partial charge in [-0.15, -0.1) is 24.8 Å². The molecule has 4 aromatic rings. The van der Waals surface area contributed by atoms with Crippen LogP contribution in [-0.2, 0) is 0 Å². The van der Waals surface area contributed by atoms with E-state index >= 15 is 0 Å². The third-order valence-corrected chi connectivity index (χ3v) is 7.24. The highest BCUT2D eigenvalue weighted by Crippen LogP contribution is 2.26. The zero-order valence-corrected chi connectivity index (χ0v) is 29.9. The Morgan fingerprint density at radius 2 is 0.647 bits per heavy atom. The summed E-state index contributed by atoms with van der Waals surface area (Å²) in [5.74, 6) is 0. The fraction of sp³-hybridized carbons (Fsp3) is 0.243. The van der Waals surface area contributed by atoms with Crippen molar-refractivity contribution in [1.82, 2.24) is 31.9 Å². The van der Waals surface area contributed by atoms with E-state index in [2.05, 4.69) is 31.9 Å². The van der Waals surface area contributed by atoms with Gasteiger partial charge in [0.15, 0.2) is 0 Å². The molecule has 0 radical (unpaired) electrons. The van der Waals surface area contributed by atoms with Crippen LogP contribution in [0.2, 0.25) is 0 Å². The summed E-state index contributed by atoms with van der Waals surface area (Å²) in [6, 6.07) is 34.4. The van der Waals surface area contributed by atoms with Gasteiger partial charge in [-0.25, -0.2) is 19.2 Å². The molecule has 6 N–H and O–H groups in total. The Labute approximate surface area is 311 Å². The molecule has 0 fully saturated rings. The Morgan fingerprint density at radius 3 is 0.922 bits per heavy atom. The third-order valence-electron chi connectivity index (χ3n) is 7.24. The van der Waals surface area contributed by atoms with Gasteiger partial charge in [0.05, 0.1) is 22.7 Å².